The van der Waals surface area contributed by atoms with Gasteiger partial charge in [0.1, 0.15) is 0 Å². The van der Waals surface area contributed by atoms with Crippen LogP contribution in [0.4, 0.5) is 0 Å². The van der Waals surface area contributed by atoms with Gasteiger partial charge in [0.2, 0.25) is 5.91 Å². The highest BCUT2D eigenvalue weighted by atomic mass is 16.4. The van der Waals surface area contributed by atoms with Crippen LogP contribution in [0.3, 0.4) is 0 Å². The minimum absolute atomic E-state index is 0.0347. The van der Waals surface area contributed by atoms with E-state index in [-0.39, 0.29) is 11.7 Å². The Labute approximate surface area is 97.1 Å². The second-order valence-corrected chi connectivity index (χ2v) is 4.44. The molecule has 0 saturated carbocycles. The fourth-order valence-electron chi connectivity index (χ4n) is 1.26. The highest BCUT2D eigenvalue weighted by Gasteiger charge is 2.29. The number of carbonyl (C=O) groups excluding carboxylic acids is 1. The van der Waals surface area contributed by atoms with Gasteiger partial charge in [-0.25, -0.2) is 0 Å². The van der Waals surface area contributed by atoms with Crippen molar-refractivity contribution in [2.75, 3.05) is 0 Å². The molecule has 0 aromatic heterocycles. The Bertz CT molecular complexity index is 266. The summed E-state index contributed by atoms with van der Waals surface area (Å²) in [7, 11) is 0. The Morgan fingerprint density at radius 2 is 2.12 bits per heavy atom. The lowest BCUT2D eigenvalue weighted by Gasteiger charge is -2.28. The summed E-state index contributed by atoms with van der Waals surface area (Å²) in [6.45, 7) is 7.69. The summed E-state index contributed by atoms with van der Waals surface area (Å²) in [5.74, 6) is 0.311. The molecule has 0 saturated heterocycles. The standard InChI is InChI=1S/C11H23N3O2/c1-5-8(3)7-9(15)13-11(4,6-2)10(12)14-16/h8,16H,5-7H2,1-4H3,(H2,12,14)(H,13,15). The van der Waals surface area contributed by atoms with E-state index in [9.17, 15) is 4.79 Å². The molecule has 0 aromatic carbocycles. The van der Waals surface area contributed by atoms with Crippen LogP contribution >= 0.6 is 0 Å². The predicted molar refractivity (Wildman–Crippen MR) is 64.3 cm³/mol. The molecule has 0 rings (SSSR count). The maximum atomic E-state index is 11.7. The molecule has 0 aliphatic rings. The number of amidine groups is 1. The van der Waals surface area contributed by atoms with Gasteiger partial charge >= 0.3 is 0 Å². The van der Waals surface area contributed by atoms with Crippen LogP contribution in [-0.2, 0) is 4.79 Å². The number of hydrogen-bond donors (Lipinski definition) is 3. The second kappa shape index (κ2) is 6.35. The molecule has 2 unspecified atom stereocenters. The van der Waals surface area contributed by atoms with Gasteiger partial charge in [0.25, 0.3) is 0 Å². The van der Waals surface area contributed by atoms with Crippen molar-refractivity contribution in [1.29, 1.82) is 0 Å². The molecular formula is C11H23N3O2. The molecule has 1 amide bonds. The van der Waals surface area contributed by atoms with E-state index in [4.69, 9.17) is 10.9 Å². The van der Waals surface area contributed by atoms with Gasteiger partial charge in [-0.1, -0.05) is 32.3 Å². The van der Waals surface area contributed by atoms with E-state index in [2.05, 4.69) is 10.5 Å². The number of nitrogens with one attached hydrogen (secondary N) is 1. The molecule has 2 atom stereocenters. The largest absolute Gasteiger partial charge is 0.409 e. The van der Waals surface area contributed by atoms with Crippen molar-refractivity contribution in [2.45, 2.75) is 52.5 Å². The average molecular weight is 229 g/mol. The molecule has 0 aliphatic heterocycles. The van der Waals surface area contributed by atoms with E-state index in [0.717, 1.165) is 6.42 Å². The lowest BCUT2D eigenvalue weighted by Crippen LogP contribution is -2.55. The van der Waals surface area contributed by atoms with E-state index >= 15 is 0 Å². The zero-order valence-corrected chi connectivity index (χ0v) is 10.6. The van der Waals surface area contributed by atoms with Gasteiger partial charge in [0, 0.05) is 6.42 Å². The molecule has 5 heteroatoms. The van der Waals surface area contributed by atoms with E-state index in [0.29, 0.717) is 18.8 Å². The Balaban J connectivity index is 4.49. The van der Waals surface area contributed by atoms with Gasteiger partial charge in [0.05, 0.1) is 5.54 Å². The van der Waals surface area contributed by atoms with E-state index in [1.165, 1.54) is 0 Å². The third kappa shape index (κ3) is 4.08. The summed E-state index contributed by atoms with van der Waals surface area (Å²) in [6.07, 6.45) is 2.00. The zero-order chi connectivity index (χ0) is 12.8. The van der Waals surface area contributed by atoms with Crippen LogP contribution in [-0.4, -0.2) is 22.5 Å². The first kappa shape index (κ1) is 14.7. The second-order valence-electron chi connectivity index (χ2n) is 4.44. The lowest BCUT2D eigenvalue weighted by atomic mass is 9.96. The lowest BCUT2D eigenvalue weighted by molar-refractivity contribution is -0.123. The number of amides is 1. The van der Waals surface area contributed by atoms with Crippen LogP contribution < -0.4 is 11.1 Å². The molecule has 0 heterocycles. The molecule has 0 aromatic rings. The first-order chi connectivity index (χ1) is 7.39. The SMILES string of the molecule is CCC(C)CC(=O)NC(C)(CC)C(N)=NO. The molecule has 5 nitrogen and oxygen atoms in total. The Morgan fingerprint density at radius 1 is 1.56 bits per heavy atom. The van der Waals surface area contributed by atoms with Crippen LogP contribution in [0.5, 0.6) is 0 Å². The molecule has 0 radical (unpaired) electrons. The van der Waals surface area contributed by atoms with E-state index in [1.54, 1.807) is 6.92 Å². The summed E-state index contributed by atoms with van der Waals surface area (Å²) >= 11 is 0. The monoisotopic (exact) mass is 229 g/mol. The fraction of sp³-hybridized carbons (Fsp3) is 0.818. The molecule has 16 heavy (non-hydrogen) atoms. The summed E-state index contributed by atoms with van der Waals surface area (Å²) in [5, 5.41) is 14.4. The maximum Gasteiger partial charge on any atom is 0.221 e. The number of carbonyl (C=O) groups is 1. The predicted octanol–water partition coefficient (Wildman–Crippen LogP) is 1.45. The van der Waals surface area contributed by atoms with Crippen molar-refractivity contribution in [3.8, 4) is 0 Å². The smallest absolute Gasteiger partial charge is 0.221 e. The van der Waals surface area contributed by atoms with Crippen molar-refractivity contribution in [3.05, 3.63) is 0 Å². The molecular weight excluding hydrogens is 206 g/mol. The van der Waals surface area contributed by atoms with E-state index in [1.807, 2.05) is 20.8 Å². The third-order valence-electron chi connectivity index (χ3n) is 3.03. The zero-order valence-electron chi connectivity index (χ0n) is 10.6. The van der Waals surface area contributed by atoms with Crippen molar-refractivity contribution in [2.24, 2.45) is 16.8 Å². The number of nitrogens with zero attached hydrogens (tertiary/aromatic N) is 1. The van der Waals surface area contributed by atoms with Crippen molar-refractivity contribution < 1.29 is 10.0 Å². The summed E-state index contributed by atoms with van der Waals surface area (Å²) in [5.41, 5.74) is 4.79. The normalized spacial score (nSPS) is 17.6. The van der Waals surface area contributed by atoms with Crippen molar-refractivity contribution in [3.63, 3.8) is 0 Å². The molecule has 0 bridgehead atoms. The van der Waals surface area contributed by atoms with Gasteiger partial charge in [0.15, 0.2) is 5.84 Å². The fourth-order valence-corrected chi connectivity index (χ4v) is 1.26. The van der Waals surface area contributed by atoms with Gasteiger partial charge < -0.3 is 16.3 Å². The number of rotatable bonds is 6. The quantitative estimate of drug-likeness (QED) is 0.279. The molecule has 94 valence electrons. The molecule has 0 fully saturated rings. The first-order valence-electron chi connectivity index (χ1n) is 5.68. The van der Waals surface area contributed by atoms with Crippen molar-refractivity contribution >= 4 is 11.7 Å². The Kier molecular flexibility index (Phi) is 5.85. The minimum atomic E-state index is -0.765. The summed E-state index contributed by atoms with van der Waals surface area (Å²) in [4.78, 5) is 11.7. The van der Waals surface area contributed by atoms with Crippen LogP contribution in [0.2, 0.25) is 0 Å². The Morgan fingerprint density at radius 3 is 2.50 bits per heavy atom. The van der Waals surface area contributed by atoms with Gasteiger partial charge in [-0.15, -0.1) is 0 Å². The Hall–Kier alpha value is -1.26. The van der Waals surface area contributed by atoms with Gasteiger partial charge in [-0.2, -0.15) is 0 Å². The summed E-state index contributed by atoms with van der Waals surface area (Å²) in [6, 6.07) is 0. The molecule has 0 aliphatic carbocycles. The van der Waals surface area contributed by atoms with Gasteiger partial charge in [-0.05, 0) is 19.3 Å². The topological polar surface area (TPSA) is 87.7 Å². The number of nitrogens with two attached hydrogens (primary N) is 1. The highest BCUT2D eigenvalue weighted by molar-refractivity contribution is 5.93. The van der Waals surface area contributed by atoms with Crippen LogP contribution in [0.1, 0.15) is 47.0 Å². The minimum Gasteiger partial charge on any atom is -0.409 e. The highest BCUT2D eigenvalue weighted by Crippen LogP contribution is 2.12. The molecule has 0 spiro atoms. The van der Waals surface area contributed by atoms with Crippen LogP contribution in [0.15, 0.2) is 5.16 Å². The van der Waals surface area contributed by atoms with E-state index < -0.39 is 5.54 Å². The summed E-state index contributed by atoms with van der Waals surface area (Å²) < 4.78 is 0. The average Bonchev–Trinajstić information content (AvgIpc) is 2.27. The third-order valence-corrected chi connectivity index (χ3v) is 3.03. The van der Waals surface area contributed by atoms with Crippen molar-refractivity contribution in [1.82, 2.24) is 5.32 Å². The maximum absolute atomic E-state index is 11.7. The first-order valence-corrected chi connectivity index (χ1v) is 5.68. The molecule has 4 N–H and O–H groups in total. The number of oxime groups is 1. The van der Waals surface area contributed by atoms with Crippen LogP contribution in [0.25, 0.3) is 0 Å². The number of hydrogen-bond acceptors (Lipinski definition) is 3. The van der Waals surface area contributed by atoms with Gasteiger partial charge in [-0.3, -0.25) is 4.79 Å². The van der Waals surface area contributed by atoms with Crippen LogP contribution in [0, 0.1) is 5.92 Å².